The lowest BCUT2D eigenvalue weighted by Crippen LogP contribution is -2.18. The molecule has 2 N–H and O–H groups in total. The van der Waals surface area contributed by atoms with Crippen molar-refractivity contribution in [3.8, 4) is 11.5 Å². The fourth-order valence-electron chi connectivity index (χ4n) is 1.80. The van der Waals surface area contributed by atoms with Crippen LogP contribution in [0.4, 0.5) is 0 Å². The van der Waals surface area contributed by atoms with Gasteiger partial charge in [-0.05, 0) is 18.6 Å². The van der Waals surface area contributed by atoms with Crippen LogP contribution in [0, 0.1) is 0 Å². The molecule has 0 fully saturated rings. The number of ether oxygens (including phenoxy) is 2. The fourth-order valence-corrected chi connectivity index (χ4v) is 1.80. The highest BCUT2D eigenvalue weighted by atomic mass is 16.5. The molecule has 6 nitrogen and oxygen atoms in total. The van der Waals surface area contributed by atoms with Gasteiger partial charge in [-0.1, -0.05) is 5.16 Å². The van der Waals surface area contributed by atoms with Gasteiger partial charge in [0.05, 0.1) is 6.61 Å². The molecule has 0 radical (unpaired) electrons. The first kappa shape index (κ1) is 13.2. The summed E-state index contributed by atoms with van der Waals surface area (Å²) < 4.78 is 10.9. The Bertz CT molecular complexity index is 499. The zero-order valence-corrected chi connectivity index (χ0v) is 10.7. The van der Waals surface area contributed by atoms with E-state index in [1.807, 2.05) is 0 Å². The van der Waals surface area contributed by atoms with E-state index in [1.54, 1.807) is 25.2 Å². The zero-order valence-electron chi connectivity index (χ0n) is 10.7. The first-order chi connectivity index (χ1) is 9.24. The monoisotopic (exact) mass is 264 g/mol. The molecule has 0 saturated carbocycles. The third-order valence-electron chi connectivity index (χ3n) is 2.84. The molecule has 19 heavy (non-hydrogen) atoms. The smallest absolute Gasteiger partial charge is 0.219 e. The molecule has 0 unspecified atom stereocenters. The van der Waals surface area contributed by atoms with Gasteiger partial charge in [-0.3, -0.25) is 4.79 Å². The second kappa shape index (κ2) is 6.08. The maximum Gasteiger partial charge on any atom is 0.219 e. The lowest BCUT2D eigenvalue weighted by atomic mass is 10.1. The quantitative estimate of drug-likeness (QED) is 0.475. The molecular weight excluding hydrogens is 248 g/mol. The van der Waals surface area contributed by atoms with Gasteiger partial charge < -0.3 is 20.0 Å². The molecule has 0 atom stereocenters. The Labute approximate surface area is 111 Å². The van der Waals surface area contributed by atoms with E-state index in [-0.39, 0.29) is 12.5 Å². The molecule has 1 heterocycles. The Hall–Kier alpha value is -2.24. The highest BCUT2D eigenvalue weighted by Gasteiger charge is 2.20. The van der Waals surface area contributed by atoms with E-state index in [9.17, 15) is 4.79 Å². The normalized spacial score (nSPS) is 14.9. The van der Waals surface area contributed by atoms with Crippen LogP contribution in [-0.2, 0) is 4.79 Å². The zero-order chi connectivity index (χ0) is 13.7. The summed E-state index contributed by atoms with van der Waals surface area (Å²) in [6, 6.07) is 5.34. The van der Waals surface area contributed by atoms with Crippen LogP contribution in [0.2, 0.25) is 0 Å². The van der Waals surface area contributed by atoms with Crippen molar-refractivity contribution in [3.63, 3.8) is 0 Å². The molecule has 0 saturated heterocycles. The summed E-state index contributed by atoms with van der Waals surface area (Å²) in [6.45, 7) is 0.735. The summed E-state index contributed by atoms with van der Waals surface area (Å²) in [4.78, 5) is 11.0. The summed E-state index contributed by atoms with van der Waals surface area (Å²) in [6.07, 6.45) is 1.10. The molecule has 2 rings (SSSR count). The van der Waals surface area contributed by atoms with Crippen molar-refractivity contribution in [1.82, 2.24) is 5.32 Å². The second-order valence-corrected chi connectivity index (χ2v) is 4.12. The number of nitrogens with zero attached hydrogens (tertiary/aromatic N) is 1. The summed E-state index contributed by atoms with van der Waals surface area (Å²) in [5.74, 6) is 1.33. The number of nitrogens with one attached hydrogen (secondary N) is 1. The minimum absolute atomic E-state index is 0.00434. The van der Waals surface area contributed by atoms with E-state index in [4.69, 9.17) is 14.7 Å². The number of rotatable bonds is 5. The Kier molecular flexibility index (Phi) is 4.22. The summed E-state index contributed by atoms with van der Waals surface area (Å²) >= 11 is 0. The van der Waals surface area contributed by atoms with Crippen molar-refractivity contribution in [3.05, 3.63) is 23.8 Å². The first-order valence-corrected chi connectivity index (χ1v) is 6.06. The molecule has 1 aromatic rings. The molecule has 6 heteroatoms. The van der Waals surface area contributed by atoms with Crippen molar-refractivity contribution in [1.29, 1.82) is 0 Å². The van der Waals surface area contributed by atoms with E-state index in [1.165, 1.54) is 0 Å². The maximum atomic E-state index is 11.0. The minimum atomic E-state index is 0.00434. The van der Waals surface area contributed by atoms with Crippen molar-refractivity contribution < 1.29 is 19.5 Å². The Morgan fingerprint density at radius 3 is 3.16 bits per heavy atom. The summed E-state index contributed by atoms with van der Waals surface area (Å²) in [5.41, 5.74) is 1.29. The predicted octanol–water partition coefficient (Wildman–Crippen LogP) is 1.16. The molecule has 1 aliphatic heterocycles. The number of oxime groups is 1. The number of hydrogen-bond acceptors (Lipinski definition) is 5. The standard InChI is InChI=1S/C13H16N2O4/c1-14-13(16)3-2-6-18-9-4-5-10-11(15-17)8-19-12(10)7-9/h4-5,7,17H,2-3,6,8H2,1H3,(H,14,16). The Morgan fingerprint density at radius 2 is 2.42 bits per heavy atom. The molecule has 102 valence electrons. The SMILES string of the molecule is CNC(=O)CCCOc1ccc2c(c1)OCC2=NO. The molecule has 0 bridgehead atoms. The molecule has 1 aromatic carbocycles. The van der Waals surface area contributed by atoms with Crippen LogP contribution in [0.3, 0.4) is 0 Å². The topological polar surface area (TPSA) is 80.2 Å². The van der Waals surface area contributed by atoms with Crippen molar-refractivity contribution in [2.75, 3.05) is 20.3 Å². The summed E-state index contributed by atoms with van der Waals surface area (Å²) in [5, 5.41) is 14.5. The highest BCUT2D eigenvalue weighted by Crippen LogP contribution is 2.29. The van der Waals surface area contributed by atoms with Crippen LogP contribution in [0.5, 0.6) is 11.5 Å². The van der Waals surface area contributed by atoms with Gasteiger partial charge in [0, 0.05) is 25.1 Å². The van der Waals surface area contributed by atoms with Gasteiger partial charge in [-0.15, -0.1) is 0 Å². The van der Waals surface area contributed by atoms with E-state index in [0.717, 1.165) is 5.56 Å². The molecule has 0 aliphatic carbocycles. The number of amides is 1. The van der Waals surface area contributed by atoms with E-state index in [2.05, 4.69) is 10.5 Å². The number of carbonyl (C=O) groups excluding carboxylic acids is 1. The highest BCUT2D eigenvalue weighted by molar-refractivity contribution is 6.06. The Balaban J connectivity index is 1.88. The van der Waals surface area contributed by atoms with E-state index >= 15 is 0 Å². The lowest BCUT2D eigenvalue weighted by Gasteiger charge is -2.07. The van der Waals surface area contributed by atoms with Crippen LogP contribution in [0.1, 0.15) is 18.4 Å². The van der Waals surface area contributed by atoms with Crippen LogP contribution in [0.15, 0.2) is 23.4 Å². The van der Waals surface area contributed by atoms with Gasteiger partial charge in [0.1, 0.15) is 23.8 Å². The van der Waals surface area contributed by atoms with Crippen molar-refractivity contribution >= 4 is 11.6 Å². The van der Waals surface area contributed by atoms with Gasteiger partial charge >= 0.3 is 0 Å². The van der Waals surface area contributed by atoms with Crippen LogP contribution in [0.25, 0.3) is 0 Å². The number of fused-ring (bicyclic) bond motifs is 1. The Morgan fingerprint density at radius 1 is 1.58 bits per heavy atom. The van der Waals surface area contributed by atoms with Gasteiger partial charge in [0.2, 0.25) is 5.91 Å². The molecule has 0 spiro atoms. The third kappa shape index (κ3) is 3.15. The number of carbonyl (C=O) groups is 1. The fraction of sp³-hybridized carbons (Fsp3) is 0.385. The van der Waals surface area contributed by atoms with Crippen LogP contribution < -0.4 is 14.8 Å². The van der Waals surface area contributed by atoms with Gasteiger partial charge in [0.25, 0.3) is 0 Å². The van der Waals surface area contributed by atoms with Crippen molar-refractivity contribution in [2.45, 2.75) is 12.8 Å². The van der Waals surface area contributed by atoms with Crippen molar-refractivity contribution in [2.24, 2.45) is 5.16 Å². The molecule has 1 amide bonds. The van der Waals surface area contributed by atoms with E-state index in [0.29, 0.717) is 36.7 Å². The lowest BCUT2D eigenvalue weighted by molar-refractivity contribution is -0.120. The third-order valence-corrected chi connectivity index (χ3v) is 2.84. The van der Waals surface area contributed by atoms with Crippen LogP contribution >= 0.6 is 0 Å². The molecular formula is C13H16N2O4. The van der Waals surface area contributed by atoms with Gasteiger partial charge in [0.15, 0.2) is 0 Å². The molecule has 0 aromatic heterocycles. The molecule has 1 aliphatic rings. The predicted molar refractivity (Wildman–Crippen MR) is 69.1 cm³/mol. The van der Waals surface area contributed by atoms with Crippen LogP contribution in [-0.4, -0.2) is 37.1 Å². The largest absolute Gasteiger partial charge is 0.493 e. The average molecular weight is 264 g/mol. The number of benzene rings is 1. The number of hydrogen-bond donors (Lipinski definition) is 2. The maximum absolute atomic E-state index is 11.0. The van der Waals surface area contributed by atoms with Gasteiger partial charge in [-0.25, -0.2) is 0 Å². The minimum Gasteiger partial charge on any atom is -0.493 e. The average Bonchev–Trinajstić information content (AvgIpc) is 2.85. The summed E-state index contributed by atoms with van der Waals surface area (Å²) in [7, 11) is 1.61. The second-order valence-electron chi connectivity index (χ2n) is 4.12. The first-order valence-electron chi connectivity index (χ1n) is 6.06. The van der Waals surface area contributed by atoms with Gasteiger partial charge in [-0.2, -0.15) is 0 Å². The van der Waals surface area contributed by atoms with E-state index < -0.39 is 0 Å².